The number of sulfone groups is 1. The lowest BCUT2D eigenvalue weighted by molar-refractivity contribution is 0.252. The highest BCUT2D eigenvalue weighted by atomic mass is 32.2. The van der Waals surface area contributed by atoms with Crippen LogP contribution in [0.2, 0.25) is 0 Å². The van der Waals surface area contributed by atoms with Gasteiger partial charge in [0, 0.05) is 24.3 Å². The predicted molar refractivity (Wildman–Crippen MR) is 84.2 cm³/mol. The fourth-order valence-electron chi connectivity index (χ4n) is 2.29. The smallest absolute Gasteiger partial charge is 0.164 e. The van der Waals surface area contributed by atoms with E-state index in [-0.39, 0.29) is 10.8 Å². The zero-order valence-electron chi connectivity index (χ0n) is 12.4. The Morgan fingerprint density at radius 1 is 1.37 bits per heavy atom. The van der Waals surface area contributed by atoms with Crippen molar-refractivity contribution in [2.45, 2.75) is 38.5 Å². The summed E-state index contributed by atoms with van der Waals surface area (Å²) in [4.78, 5) is 2.14. The van der Waals surface area contributed by atoms with E-state index in [0.29, 0.717) is 12.3 Å². The molecule has 0 spiro atoms. The second-order valence-electron chi connectivity index (χ2n) is 6.22. The van der Waals surface area contributed by atoms with E-state index >= 15 is 0 Å². The van der Waals surface area contributed by atoms with E-state index in [1.54, 1.807) is 11.8 Å². The number of nitrogens with zero attached hydrogens (tertiary/aromatic N) is 1. The van der Waals surface area contributed by atoms with Crippen molar-refractivity contribution in [2.75, 3.05) is 37.4 Å². The highest BCUT2D eigenvalue weighted by Crippen LogP contribution is 2.23. The molecule has 0 aromatic heterocycles. The molecule has 1 heterocycles. The minimum absolute atomic E-state index is 0.202. The zero-order valence-corrected chi connectivity index (χ0v) is 14.0. The monoisotopic (exact) mass is 308 g/mol. The third-order valence-corrected chi connectivity index (χ3v) is 6.47. The summed E-state index contributed by atoms with van der Waals surface area (Å²) < 4.78 is 23.5. The van der Waals surface area contributed by atoms with Crippen LogP contribution in [0.5, 0.6) is 0 Å². The molecule has 1 saturated heterocycles. The Balaban J connectivity index is 2.38. The summed E-state index contributed by atoms with van der Waals surface area (Å²) in [5.41, 5.74) is 5.92. The lowest BCUT2D eigenvalue weighted by Crippen LogP contribution is -2.47. The first kappa shape index (κ1) is 17.3. The number of hydrogen-bond acceptors (Lipinski definition) is 5. The van der Waals surface area contributed by atoms with E-state index in [4.69, 9.17) is 5.73 Å². The van der Waals surface area contributed by atoms with Crippen molar-refractivity contribution >= 4 is 21.6 Å². The van der Waals surface area contributed by atoms with Gasteiger partial charge in [-0.25, -0.2) is 8.42 Å². The molecule has 1 atom stereocenters. The Bertz CT molecular complexity index is 369. The van der Waals surface area contributed by atoms with Crippen LogP contribution >= 0.6 is 11.8 Å². The summed E-state index contributed by atoms with van der Waals surface area (Å²) in [6, 6.07) is 0. The first-order valence-electron chi connectivity index (χ1n) is 6.97. The molecule has 4 nitrogen and oxygen atoms in total. The van der Waals surface area contributed by atoms with E-state index < -0.39 is 9.84 Å². The van der Waals surface area contributed by atoms with Crippen molar-refractivity contribution in [1.29, 1.82) is 0 Å². The zero-order chi connectivity index (χ0) is 14.5. The third kappa shape index (κ3) is 6.02. The van der Waals surface area contributed by atoms with Gasteiger partial charge in [0.2, 0.25) is 0 Å². The van der Waals surface area contributed by atoms with Gasteiger partial charge < -0.3 is 5.73 Å². The highest BCUT2D eigenvalue weighted by molar-refractivity contribution is 8.00. The van der Waals surface area contributed by atoms with Gasteiger partial charge >= 0.3 is 0 Å². The lowest BCUT2D eigenvalue weighted by atomic mass is 9.87. The molecule has 6 heteroatoms. The molecule has 0 aromatic rings. The lowest BCUT2D eigenvalue weighted by Gasteiger charge is -2.34. The van der Waals surface area contributed by atoms with Gasteiger partial charge in [0.1, 0.15) is 5.37 Å². The Kier molecular flexibility index (Phi) is 6.63. The quantitative estimate of drug-likeness (QED) is 0.723. The van der Waals surface area contributed by atoms with Crippen molar-refractivity contribution in [1.82, 2.24) is 4.90 Å². The van der Waals surface area contributed by atoms with Crippen LogP contribution in [0.3, 0.4) is 0 Å². The maximum absolute atomic E-state index is 11.8. The van der Waals surface area contributed by atoms with Gasteiger partial charge in [-0.05, 0) is 31.3 Å². The molecule has 2 N–H and O–H groups in total. The summed E-state index contributed by atoms with van der Waals surface area (Å²) in [6.07, 6.45) is 4.63. The Morgan fingerprint density at radius 2 is 2.05 bits per heavy atom. The molecule has 0 radical (unpaired) electrons. The molecule has 1 rings (SSSR count). The van der Waals surface area contributed by atoms with Crippen molar-refractivity contribution < 1.29 is 8.42 Å². The standard InChI is InChI=1S/C13H28N2O2S2/c1-13(2,11-14)6-4-5-7-15-8-9-18-10-12(15)19(3,16)17/h12H,4-11,14H2,1-3H3. The minimum atomic E-state index is -2.96. The van der Waals surface area contributed by atoms with Gasteiger partial charge in [-0.3, -0.25) is 4.90 Å². The van der Waals surface area contributed by atoms with E-state index in [1.807, 2.05) is 0 Å². The van der Waals surface area contributed by atoms with Crippen molar-refractivity contribution in [3.63, 3.8) is 0 Å². The van der Waals surface area contributed by atoms with Crippen molar-refractivity contribution in [3.8, 4) is 0 Å². The van der Waals surface area contributed by atoms with E-state index in [9.17, 15) is 8.42 Å². The molecule has 0 bridgehead atoms. The second-order valence-corrected chi connectivity index (χ2v) is 9.57. The summed E-state index contributed by atoms with van der Waals surface area (Å²) in [7, 11) is -2.96. The first-order chi connectivity index (χ1) is 8.76. The number of thioether (sulfide) groups is 1. The van der Waals surface area contributed by atoms with Crippen LogP contribution in [0.4, 0.5) is 0 Å². The summed E-state index contributed by atoms with van der Waals surface area (Å²) in [5.74, 6) is 1.76. The van der Waals surface area contributed by atoms with Crippen molar-refractivity contribution in [3.05, 3.63) is 0 Å². The summed E-state index contributed by atoms with van der Waals surface area (Å²) in [6.45, 7) is 6.86. The number of unbranched alkanes of at least 4 members (excludes halogenated alkanes) is 1. The van der Waals surface area contributed by atoms with Gasteiger partial charge in [-0.1, -0.05) is 20.3 Å². The molecule has 114 valence electrons. The van der Waals surface area contributed by atoms with Gasteiger partial charge in [-0.15, -0.1) is 0 Å². The van der Waals surface area contributed by atoms with Gasteiger partial charge in [-0.2, -0.15) is 11.8 Å². The number of nitrogens with two attached hydrogens (primary N) is 1. The van der Waals surface area contributed by atoms with Crippen LogP contribution < -0.4 is 5.73 Å². The molecule has 1 unspecified atom stereocenters. The SMILES string of the molecule is CC(C)(CN)CCCCN1CCSCC1S(C)(=O)=O. The van der Waals surface area contributed by atoms with E-state index in [0.717, 1.165) is 38.1 Å². The summed E-state index contributed by atoms with van der Waals surface area (Å²) in [5, 5.41) is -0.284. The molecule has 1 aliphatic heterocycles. The first-order valence-corrected chi connectivity index (χ1v) is 10.1. The Morgan fingerprint density at radius 3 is 2.63 bits per heavy atom. The maximum Gasteiger partial charge on any atom is 0.164 e. The average molecular weight is 309 g/mol. The second kappa shape index (κ2) is 7.29. The van der Waals surface area contributed by atoms with Crippen LogP contribution in [0, 0.1) is 5.41 Å². The molecular formula is C13H28N2O2S2. The Labute approximate surface area is 122 Å². The third-order valence-electron chi connectivity index (χ3n) is 3.79. The predicted octanol–water partition coefficient (Wildman–Crippen LogP) is 1.56. The van der Waals surface area contributed by atoms with Gasteiger partial charge in [0.05, 0.1) is 0 Å². The van der Waals surface area contributed by atoms with Crippen LogP contribution in [-0.2, 0) is 9.84 Å². The van der Waals surface area contributed by atoms with Crippen LogP contribution in [0.1, 0.15) is 33.1 Å². The van der Waals surface area contributed by atoms with Crippen molar-refractivity contribution in [2.24, 2.45) is 11.1 Å². The van der Waals surface area contributed by atoms with Crippen LogP contribution in [0.15, 0.2) is 0 Å². The number of hydrogen-bond donors (Lipinski definition) is 1. The average Bonchev–Trinajstić information content (AvgIpc) is 2.34. The molecular weight excluding hydrogens is 280 g/mol. The Hall–Kier alpha value is 0.220. The molecule has 1 aliphatic rings. The van der Waals surface area contributed by atoms with E-state index in [1.165, 1.54) is 6.26 Å². The fourth-order valence-corrected chi connectivity index (χ4v) is 5.26. The fraction of sp³-hybridized carbons (Fsp3) is 1.00. The molecule has 0 amide bonds. The maximum atomic E-state index is 11.8. The molecule has 0 aromatic carbocycles. The van der Waals surface area contributed by atoms with Gasteiger partial charge in [0.15, 0.2) is 9.84 Å². The number of rotatable bonds is 7. The van der Waals surface area contributed by atoms with Crippen LogP contribution in [0.25, 0.3) is 0 Å². The molecule has 19 heavy (non-hydrogen) atoms. The summed E-state index contributed by atoms with van der Waals surface area (Å²) >= 11 is 1.74. The molecule has 0 saturated carbocycles. The highest BCUT2D eigenvalue weighted by Gasteiger charge is 2.30. The molecule has 0 aliphatic carbocycles. The van der Waals surface area contributed by atoms with E-state index in [2.05, 4.69) is 18.7 Å². The van der Waals surface area contributed by atoms with Crippen LogP contribution in [-0.4, -0.2) is 56.1 Å². The normalized spacial score (nSPS) is 22.6. The topological polar surface area (TPSA) is 63.4 Å². The molecule has 1 fully saturated rings. The minimum Gasteiger partial charge on any atom is -0.330 e. The largest absolute Gasteiger partial charge is 0.330 e. The van der Waals surface area contributed by atoms with Gasteiger partial charge in [0.25, 0.3) is 0 Å².